The number of carboxylic acid groups (broad SMARTS) is 2. The minimum absolute atomic E-state index is 0. The third kappa shape index (κ3) is 15.3. The van der Waals surface area contributed by atoms with Crippen LogP contribution in [-0.2, 0) is 9.59 Å². The maximum Gasteiger partial charge on any atom is 0.306 e. The fourth-order valence-corrected chi connectivity index (χ4v) is 3.29. The summed E-state index contributed by atoms with van der Waals surface area (Å²) in [5, 5.41) is 32.6. The van der Waals surface area contributed by atoms with Crippen LogP contribution in [0.4, 0.5) is 0 Å². The molecule has 2 rings (SSSR count). The fourth-order valence-electron chi connectivity index (χ4n) is 3.29. The molecular formula is C18H38Cl2N2O6. The predicted octanol–water partition coefficient (Wildman–Crippen LogP) is 1.83. The van der Waals surface area contributed by atoms with Crippen LogP contribution >= 0.6 is 24.8 Å². The topological polar surface area (TPSA) is 167 Å². The summed E-state index contributed by atoms with van der Waals surface area (Å²) in [7, 11) is 0. The maximum absolute atomic E-state index is 10.5. The van der Waals surface area contributed by atoms with E-state index in [1.54, 1.807) is 0 Å². The molecule has 28 heavy (non-hydrogen) atoms. The quantitative estimate of drug-likeness (QED) is 0.354. The highest BCUT2D eigenvalue weighted by Crippen LogP contribution is 2.28. The molecule has 8 nitrogen and oxygen atoms in total. The van der Waals surface area contributed by atoms with E-state index in [4.69, 9.17) is 31.9 Å². The van der Waals surface area contributed by atoms with Crippen molar-refractivity contribution >= 4 is 36.8 Å². The van der Waals surface area contributed by atoms with E-state index in [9.17, 15) is 9.59 Å². The van der Waals surface area contributed by atoms with E-state index < -0.39 is 18.2 Å². The van der Waals surface area contributed by atoms with Crippen LogP contribution in [0.5, 0.6) is 0 Å². The van der Waals surface area contributed by atoms with E-state index in [-0.39, 0.29) is 36.6 Å². The molecular weight excluding hydrogens is 411 g/mol. The number of nitrogens with two attached hydrogens (primary N) is 2. The van der Waals surface area contributed by atoms with Gasteiger partial charge in [-0.25, -0.2) is 0 Å². The lowest BCUT2D eigenvalue weighted by atomic mass is 9.82. The Balaban J connectivity index is -0.000000355. The first-order chi connectivity index (χ1) is 12.2. The van der Waals surface area contributed by atoms with Gasteiger partial charge >= 0.3 is 11.9 Å². The van der Waals surface area contributed by atoms with E-state index in [1.807, 2.05) is 0 Å². The number of aliphatic hydroxyl groups is 2. The van der Waals surface area contributed by atoms with Gasteiger partial charge in [-0.1, -0.05) is 0 Å². The van der Waals surface area contributed by atoms with Crippen molar-refractivity contribution in [3.63, 3.8) is 0 Å². The third-order valence-electron chi connectivity index (χ3n) is 5.06. The average molecular weight is 449 g/mol. The van der Waals surface area contributed by atoms with Gasteiger partial charge in [-0.3, -0.25) is 9.59 Å². The van der Waals surface area contributed by atoms with Gasteiger partial charge in [0.1, 0.15) is 6.29 Å². The van der Waals surface area contributed by atoms with E-state index in [0.717, 1.165) is 51.4 Å². The molecule has 0 saturated heterocycles. The largest absolute Gasteiger partial charge is 0.481 e. The SMILES string of the molecule is CC(O)O.Cl.Cl.NCC1CCC(C(=O)O)CC1.NCC1CCC(C(=O)O)CC1. The molecule has 0 atom stereocenters. The van der Waals surface area contributed by atoms with Crippen LogP contribution in [0.3, 0.4) is 0 Å². The zero-order chi connectivity index (χ0) is 20.1. The summed E-state index contributed by atoms with van der Waals surface area (Å²) in [4.78, 5) is 21.0. The van der Waals surface area contributed by atoms with Crippen molar-refractivity contribution in [3.8, 4) is 0 Å². The molecule has 2 saturated carbocycles. The van der Waals surface area contributed by atoms with E-state index in [2.05, 4.69) is 0 Å². The summed E-state index contributed by atoms with van der Waals surface area (Å²) < 4.78 is 0. The number of aliphatic carboxylic acids is 2. The van der Waals surface area contributed by atoms with Crippen LogP contribution in [0.25, 0.3) is 0 Å². The molecule has 0 aromatic rings. The summed E-state index contributed by atoms with van der Waals surface area (Å²) in [5.74, 6) is -0.326. The summed E-state index contributed by atoms with van der Waals surface area (Å²) in [6.07, 6.45) is 6.07. The minimum Gasteiger partial charge on any atom is -0.481 e. The molecule has 0 aliphatic heterocycles. The Kier molecular flexibility index (Phi) is 21.0. The minimum atomic E-state index is -1.17. The van der Waals surface area contributed by atoms with Crippen LogP contribution < -0.4 is 11.5 Å². The molecule has 2 aliphatic rings. The third-order valence-corrected chi connectivity index (χ3v) is 5.06. The molecule has 0 heterocycles. The molecule has 0 aromatic heterocycles. The van der Waals surface area contributed by atoms with E-state index in [1.165, 1.54) is 6.92 Å². The van der Waals surface area contributed by atoms with E-state index >= 15 is 0 Å². The van der Waals surface area contributed by atoms with Crippen molar-refractivity contribution in [3.05, 3.63) is 0 Å². The number of carbonyl (C=O) groups is 2. The van der Waals surface area contributed by atoms with Crippen molar-refractivity contribution < 1.29 is 30.0 Å². The Morgan fingerprint density at radius 3 is 1.11 bits per heavy atom. The summed E-state index contributed by atoms with van der Waals surface area (Å²) >= 11 is 0. The molecule has 170 valence electrons. The van der Waals surface area contributed by atoms with Crippen molar-refractivity contribution in [2.45, 2.75) is 64.6 Å². The number of rotatable bonds is 4. The lowest BCUT2D eigenvalue weighted by Crippen LogP contribution is -2.25. The maximum atomic E-state index is 10.5. The van der Waals surface area contributed by atoms with Crippen molar-refractivity contribution in [2.75, 3.05) is 13.1 Å². The molecule has 10 heteroatoms. The van der Waals surface area contributed by atoms with Crippen LogP contribution in [0.1, 0.15) is 58.3 Å². The fraction of sp³-hybridized carbons (Fsp3) is 0.889. The molecule has 0 radical (unpaired) electrons. The summed E-state index contributed by atoms with van der Waals surface area (Å²) in [5.41, 5.74) is 11.0. The number of aliphatic hydroxyl groups excluding tert-OH is 1. The Hall–Kier alpha value is -0.640. The van der Waals surface area contributed by atoms with Gasteiger partial charge in [0.25, 0.3) is 0 Å². The normalized spacial score (nSPS) is 26.2. The molecule has 0 amide bonds. The molecule has 0 bridgehead atoms. The first kappa shape index (κ1) is 32.0. The Morgan fingerprint density at radius 2 is 0.964 bits per heavy atom. The van der Waals surface area contributed by atoms with Gasteiger partial charge in [0, 0.05) is 0 Å². The number of halogens is 2. The Bertz CT molecular complexity index is 363. The number of carboxylic acids is 2. The zero-order valence-corrected chi connectivity index (χ0v) is 18.2. The first-order valence-corrected chi connectivity index (χ1v) is 9.43. The van der Waals surface area contributed by atoms with Gasteiger partial charge in [-0.05, 0) is 83.2 Å². The highest BCUT2D eigenvalue weighted by atomic mass is 35.5. The highest BCUT2D eigenvalue weighted by Gasteiger charge is 2.25. The van der Waals surface area contributed by atoms with Crippen molar-refractivity contribution in [2.24, 2.45) is 35.1 Å². The Morgan fingerprint density at radius 1 is 0.750 bits per heavy atom. The van der Waals surface area contributed by atoms with Crippen molar-refractivity contribution in [1.82, 2.24) is 0 Å². The van der Waals surface area contributed by atoms with E-state index in [0.29, 0.717) is 24.9 Å². The number of hydrogen-bond acceptors (Lipinski definition) is 6. The van der Waals surface area contributed by atoms with Gasteiger partial charge in [0.2, 0.25) is 0 Å². The second-order valence-electron chi connectivity index (χ2n) is 7.22. The molecule has 0 spiro atoms. The predicted molar refractivity (Wildman–Crippen MR) is 113 cm³/mol. The van der Waals surface area contributed by atoms with Gasteiger partial charge in [-0.2, -0.15) is 0 Å². The molecule has 8 N–H and O–H groups in total. The number of hydrogen-bond donors (Lipinski definition) is 6. The lowest BCUT2D eigenvalue weighted by Gasteiger charge is -2.24. The second-order valence-corrected chi connectivity index (χ2v) is 7.22. The van der Waals surface area contributed by atoms with Gasteiger partial charge in [-0.15, -0.1) is 24.8 Å². The van der Waals surface area contributed by atoms with Gasteiger partial charge in [0.15, 0.2) is 0 Å². The highest BCUT2D eigenvalue weighted by molar-refractivity contribution is 5.85. The average Bonchev–Trinajstić information content (AvgIpc) is 2.61. The monoisotopic (exact) mass is 448 g/mol. The van der Waals surface area contributed by atoms with Crippen LogP contribution in [0.2, 0.25) is 0 Å². The first-order valence-electron chi connectivity index (χ1n) is 9.43. The molecule has 2 aliphatic carbocycles. The van der Waals surface area contributed by atoms with Crippen LogP contribution in [0, 0.1) is 23.7 Å². The van der Waals surface area contributed by atoms with Crippen LogP contribution in [-0.4, -0.2) is 51.7 Å². The van der Waals surface area contributed by atoms with Crippen LogP contribution in [0.15, 0.2) is 0 Å². The zero-order valence-electron chi connectivity index (χ0n) is 16.5. The molecule has 2 fully saturated rings. The Labute approximate surface area is 179 Å². The lowest BCUT2D eigenvalue weighted by molar-refractivity contribution is -0.144. The smallest absolute Gasteiger partial charge is 0.306 e. The summed E-state index contributed by atoms with van der Waals surface area (Å²) in [6, 6.07) is 0. The van der Waals surface area contributed by atoms with Gasteiger partial charge in [0.05, 0.1) is 11.8 Å². The molecule has 0 unspecified atom stereocenters. The summed E-state index contributed by atoms with van der Waals surface area (Å²) in [6.45, 7) is 2.71. The van der Waals surface area contributed by atoms with Gasteiger partial charge < -0.3 is 31.9 Å². The van der Waals surface area contributed by atoms with Crippen molar-refractivity contribution in [1.29, 1.82) is 0 Å². The second kappa shape index (κ2) is 18.4. The molecule has 0 aromatic carbocycles. The standard InChI is InChI=1S/2C8H15NO2.C2H6O2.2ClH/c2*9-5-6-1-3-7(4-2-6)8(10)11;1-2(3)4;;/h2*6-7H,1-5,9H2,(H,10,11);2-4H,1H3;2*1H.